The van der Waals surface area contributed by atoms with Gasteiger partial charge in [-0.3, -0.25) is 8.37 Å². The smallest absolute Gasteiger partial charge is 0.263 e. The molecule has 0 aromatic carbocycles. The first kappa shape index (κ1) is 23.7. The van der Waals surface area contributed by atoms with Crippen molar-refractivity contribution in [3.8, 4) is 0 Å². The summed E-state index contributed by atoms with van der Waals surface area (Å²) >= 11 is 0. The molecule has 0 bridgehead atoms. The van der Waals surface area contributed by atoms with Crippen LogP contribution in [-0.2, 0) is 28.6 Å². The summed E-state index contributed by atoms with van der Waals surface area (Å²) in [7, 11) is -7.59. The molecule has 0 radical (unpaired) electrons. The summed E-state index contributed by atoms with van der Waals surface area (Å²) in [6.45, 7) is 6.86. The molecule has 2 unspecified atom stereocenters. The van der Waals surface area contributed by atoms with Crippen molar-refractivity contribution >= 4 is 20.2 Å². The van der Waals surface area contributed by atoms with Crippen molar-refractivity contribution in [2.24, 2.45) is 34.5 Å². The molecule has 6 nitrogen and oxygen atoms in total. The molecule has 8 heteroatoms. The number of hydrogen-bond acceptors (Lipinski definition) is 6. The first-order valence-electron chi connectivity index (χ1n) is 11.8. The normalized spacial score (nSPS) is 45.4. The highest BCUT2D eigenvalue weighted by Crippen LogP contribution is 2.67. The molecule has 0 aliphatic heterocycles. The average Bonchev–Trinajstić information content (AvgIpc) is 2.98. The molecule has 0 aromatic rings. The molecule has 0 amide bonds. The summed E-state index contributed by atoms with van der Waals surface area (Å²) in [6.07, 6.45) is 10.9. The molecule has 4 rings (SSSR count). The van der Waals surface area contributed by atoms with Crippen LogP contribution in [0.4, 0.5) is 0 Å². The van der Waals surface area contributed by atoms with E-state index in [9.17, 15) is 16.8 Å². The molecular weight excluding hydrogens is 436 g/mol. The molecule has 178 valence electrons. The van der Waals surface area contributed by atoms with Gasteiger partial charge in [-0.2, -0.15) is 16.8 Å². The van der Waals surface area contributed by atoms with Crippen LogP contribution in [0.25, 0.3) is 0 Å². The Morgan fingerprint density at radius 2 is 1.65 bits per heavy atom. The molecule has 4 aliphatic carbocycles. The van der Waals surface area contributed by atoms with Gasteiger partial charge in [-0.25, -0.2) is 0 Å². The first-order chi connectivity index (χ1) is 14.3. The zero-order valence-electron chi connectivity index (χ0n) is 19.5. The summed E-state index contributed by atoms with van der Waals surface area (Å²) in [5, 5.41) is 0. The molecule has 8 atom stereocenters. The third-order valence-electron chi connectivity index (χ3n) is 9.31. The Labute approximate surface area is 188 Å². The fourth-order valence-electron chi connectivity index (χ4n) is 8.11. The highest BCUT2D eigenvalue weighted by molar-refractivity contribution is 7.86. The maximum Gasteiger partial charge on any atom is 0.265 e. The summed E-state index contributed by atoms with van der Waals surface area (Å²) in [5.74, 6) is 1.17. The summed E-state index contributed by atoms with van der Waals surface area (Å²) in [4.78, 5) is 0. The van der Waals surface area contributed by atoms with Crippen LogP contribution in [0.1, 0.15) is 72.1 Å². The van der Waals surface area contributed by atoms with Gasteiger partial charge in [0.15, 0.2) is 0 Å². The number of rotatable bonds is 5. The average molecular weight is 475 g/mol. The maximum atomic E-state index is 12.4. The van der Waals surface area contributed by atoms with E-state index in [1.165, 1.54) is 0 Å². The summed E-state index contributed by atoms with van der Waals surface area (Å²) in [6, 6.07) is 0. The first-order valence-corrected chi connectivity index (χ1v) is 15.4. The Balaban J connectivity index is 1.87. The Kier molecular flexibility index (Phi) is 5.97. The van der Waals surface area contributed by atoms with Gasteiger partial charge >= 0.3 is 0 Å². The molecule has 0 N–H and O–H groups in total. The van der Waals surface area contributed by atoms with Crippen molar-refractivity contribution in [2.45, 2.75) is 84.3 Å². The minimum absolute atomic E-state index is 0.0305. The second-order valence-electron chi connectivity index (χ2n) is 11.0. The molecule has 31 heavy (non-hydrogen) atoms. The largest absolute Gasteiger partial charge is 0.265 e. The van der Waals surface area contributed by atoms with Gasteiger partial charge in [-0.05, 0) is 85.0 Å². The maximum absolute atomic E-state index is 12.4. The van der Waals surface area contributed by atoms with Gasteiger partial charge in [0.05, 0.1) is 12.5 Å². The van der Waals surface area contributed by atoms with Gasteiger partial charge in [0.25, 0.3) is 20.2 Å². The third-order valence-corrected chi connectivity index (χ3v) is 10.4. The minimum Gasteiger partial charge on any atom is -0.263 e. The van der Waals surface area contributed by atoms with Crippen molar-refractivity contribution in [3.05, 3.63) is 11.6 Å². The van der Waals surface area contributed by atoms with Crippen LogP contribution < -0.4 is 0 Å². The Hall–Kier alpha value is -0.440. The van der Waals surface area contributed by atoms with Gasteiger partial charge in [0.1, 0.15) is 12.2 Å². The molecule has 0 spiro atoms. The standard InChI is InChI=1S/C23H38O6S2/c1-6-15-10-11-16-19-17(12-14-22(15,16)2)23(3)13-8-7-9-18(23)20(28-30(4,24)25)21(19)29-31(5,26)27/h9,15-17,19-21H,6-8,10-14H2,1-5H3/t15-,16-,17-,19-,20?,21?,22+,23+/m0/s1. The van der Waals surface area contributed by atoms with Crippen molar-refractivity contribution in [3.63, 3.8) is 0 Å². The zero-order chi connectivity index (χ0) is 22.8. The van der Waals surface area contributed by atoms with E-state index in [2.05, 4.69) is 26.8 Å². The van der Waals surface area contributed by atoms with Crippen molar-refractivity contribution < 1.29 is 25.2 Å². The lowest BCUT2D eigenvalue weighted by molar-refractivity contribution is -0.130. The van der Waals surface area contributed by atoms with Gasteiger partial charge < -0.3 is 0 Å². The van der Waals surface area contributed by atoms with E-state index in [0.29, 0.717) is 11.8 Å². The molecule has 3 saturated carbocycles. The fraction of sp³-hybridized carbons (Fsp3) is 0.913. The second-order valence-corrected chi connectivity index (χ2v) is 14.2. The summed E-state index contributed by atoms with van der Waals surface area (Å²) in [5.41, 5.74) is 0.894. The van der Waals surface area contributed by atoms with E-state index in [4.69, 9.17) is 8.37 Å². The lowest BCUT2D eigenvalue weighted by Gasteiger charge is -2.61. The van der Waals surface area contributed by atoms with Gasteiger partial charge in [0.2, 0.25) is 0 Å². The van der Waals surface area contributed by atoms with E-state index < -0.39 is 32.4 Å². The van der Waals surface area contributed by atoms with Crippen LogP contribution >= 0.6 is 0 Å². The van der Waals surface area contributed by atoms with E-state index in [0.717, 1.165) is 69.5 Å². The quantitative estimate of drug-likeness (QED) is 0.437. The van der Waals surface area contributed by atoms with Crippen LogP contribution in [0.3, 0.4) is 0 Å². The van der Waals surface area contributed by atoms with Crippen molar-refractivity contribution in [1.29, 1.82) is 0 Å². The molecule has 0 heterocycles. The zero-order valence-corrected chi connectivity index (χ0v) is 21.1. The van der Waals surface area contributed by atoms with Crippen molar-refractivity contribution in [2.75, 3.05) is 12.5 Å². The van der Waals surface area contributed by atoms with Crippen LogP contribution in [0.2, 0.25) is 0 Å². The van der Waals surface area contributed by atoms with E-state index >= 15 is 0 Å². The Morgan fingerprint density at radius 1 is 0.968 bits per heavy atom. The van der Waals surface area contributed by atoms with E-state index in [1.807, 2.05) is 0 Å². The molecule has 0 aromatic heterocycles. The highest BCUT2D eigenvalue weighted by Gasteiger charge is 2.64. The molecular formula is C23H38O6S2. The number of fused-ring (bicyclic) bond motifs is 5. The van der Waals surface area contributed by atoms with Crippen LogP contribution in [0.5, 0.6) is 0 Å². The lowest BCUT2D eigenvalue weighted by atomic mass is 9.45. The van der Waals surface area contributed by atoms with Crippen LogP contribution in [0, 0.1) is 34.5 Å². The second kappa shape index (κ2) is 7.81. The molecule has 3 fully saturated rings. The van der Waals surface area contributed by atoms with Crippen molar-refractivity contribution in [1.82, 2.24) is 0 Å². The van der Waals surface area contributed by atoms with Gasteiger partial charge in [-0.1, -0.05) is 33.3 Å². The molecule has 0 saturated heterocycles. The number of hydrogen-bond donors (Lipinski definition) is 0. The Morgan fingerprint density at radius 3 is 2.26 bits per heavy atom. The fourth-order valence-corrected chi connectivity index (χ4v) is 9.33. The highest BCUT2D eigenvalue weighted by atomic mass is 32.2. The monoisotopic (exact) mass is 474 g/mol. The van der Waals surface area contributed by atoms with Gasteiger partial charge in [0, 0.05) is 0 Å². The lowest BCUT2D eigenvalue weighted by Crippen LogP contribution is -2.61. The predicted octanol–water partition coefficient (Wildman–Crippen LogP) is 4.27. The topological polar surface area (TPSA) is 86.7 Å². The van der Waals surface area contributed by atoms with Gasteiger partial charge in [-0.15, -0.1) is 0 Å². The summed E-state index contributed by atoms with van der Waals surface area (Å²) < 4.78 is 60.7. The molecule has 4 aliphatic rings. The van der Waals surface area contributed by atoms with Crippen LogP contribution in [0.15, 0.2) is 11.6 Å². The van der Waals surface area contributed by atoms with Crippen LogP contribution in [-0.4, -0.2) is 41.6 Å². The Bertz CT molecular complexity index is 955. The van der Waals surface area contributed by atoms with E-state index in [1.54, 1.807) is 0 Å². The van der Waals surface area contributed by atoms with E-state index in [-0.39, 0.29) is 22.7 Å². The number of allylic oxidation sites excluding steroid dienone is 1. The minimum atomic E-state index is -3.80. The predicted molar refractivity (Wildman–Crippen MR) is 120 cm³/mol. The SMILES string of the molecule is CC[C@H]1CC[C@H]2[C@@H]3C(OS(C)(=O)=O)C(OS(C)(=O)=O)C4=CCCC[C@]4(C)[C@H]3CC[C@]12C. The third kappa shape index (κ3) is 4.04.